The highest BCUT2D eigenvalue weighted by atomic mass is 32.2. The minimum Gasteiger partial charge on any atom is -0.477 e. The highest BCUT2D eigenvalue weighted by Gasteiger charge is 2.62. The van der Waals surface area contributed by atoms with Gasteiger partial charge >= 0.3 is 6.18 Å². The SMILES string of the molecule is CC1(C)CC2CN1c1nc(-n3ccc(OCCC4(C(F)(F)F)CC4)n3)ccc1C(=O)NSc1cnn(c1)CCCN2. The van der Waals surface area contributed by atoms with E-state index in [2.05, 4.69) is 39.0 Å². The highest BCUT2D eigenvalue weighted by molar-refractivity contribution is 7.98. The van der Waals surface area contributed by atoms with E-state index >= 15 is 0 Å². The van der Waals surface area contributed by atoms with Gasteiger partial charge in [0.25, 0.3) is 5.91 Å². The van der Waals surface area contributed by atoms with Crippen molar-refractivity contribution in [2.24, 2.45) is 5.41 Å². The maximum absolute atomic E-state index is 13.4. The fraction of sp³-hybridized carbons (Fsp3) is 0.556. The van der Waals surface area contributed by atoms with Gasteiger partial charge in [-0.05, 0) is 76.6 Å². The van der Waals surface area contributed by atoms with Crippen molar-refractivity contribution in [2.45, 2.75) is 75.1 Å². The zero-order valence-corrected chi connectivity index (χ0v) is 23.8. The first kappa shape index (κ1) is 27.9. The Balaban J connectivity index is 1.25. The molecule has 0 radical (unpaired) electrons. The van der Waals surface area contributed by atoms with Gasteiger partial charge in [0.05, 0.1) is 28.7 Å². The number of aryl methyl sites for hydroxylation is 1. The molecule has 5 heterocycles. The Kier molecular flexibility index (Phi) is 7.17. The lowest BCUT2D eigenvalue weighted by molar-refractivity contribution is -0.190. The van der Waals surface area contributed by atoms with Crippen LogP contribution in [0, 0.1) is 5.41 Å². The van der Waals surface area contributed by atoms with Crippen molar-refractivity contribution in [3.63, 3.8) is 0 Å². The number of aromatic nitrogens is 5. The molecule has 4 bridgehead atoms. The van der Waals surface area contributed by atoms with Crippen LogP contribution in [0.3, 0.4) is 0 Å². The molecule has 3 aliphatic rings. The molecule has 2 aliphatic heterocycles. The first-order valence-corrected chi connectivity index (χ1v) is 14.6. The van der Waals surface area contributed by atoms with E-state index in [0.717, 1.165) is 30.8 Å². The molecule has 6 rings (SSSR count). The number of carbonyl (C=O) groups is 1. The summed E-state index contributed by atoms with van der Waals surface area (Å²) in [5.41, 5.74) is -1.46. The summed E-state index contributed by atoms with van der Waals surface area (Å²) < 4.78 is 51.6. The summed E-state index contributed by atoms with van der Waals surface area (Å²) in [5, 5.41) is 12.4. The molecule has 41 heavy (non-hydrogen) atoms. The second kappa shape index (κ2) is 10.5. The van der Waals surface area contributed by atoms with E-state index in [-0.39, 0.29) is 49.2 Å². The summed E-state index contributed by atoms with van der Waals surface area (Å²) in [7, 11) is 0. The lowest BCUT2D eigenvalue weighted by Crippen LogP contribution is -2.40. The number of rotatable bonds is 5. The van der Waals surface area contributed by atoms with E-state index < -0.39 is 11.6 Å². The van der Waals surface area contributed by atoms with Gasteiger partial charge in [0.1, 0.15) is 5.82 Å². The second-order valence-electron chi connectivity index (χ2n) is 11.6. The predicted molar refractivity (Wildman–Crippen MR) is 147 cm³/mol. The standard InChI is InChI=1S/C27H33F3N8O2S/c1-25(2)14-18-16-37(25)23-20(24(39)35-41-19-15-32-36(17-19)11-3-10-31-18)4-5-21(33-23)38-12-6-22(34-38)40-13-9-26(7-8-26)27(28,29)30/h4-6,12,15,17-18,31H,3,7-11,13-14,16H2,1-2H3,(H,35,39). The third-order valence-electron chi connectivity index (χ3n) is 8.19. The van der Waals surface area contributed by atoms with E-state index in [0.29, 0.717) is 23.7 Å². The number of nitrogens with one attached hydrogen (secondary N) is 2. The van der Waals surface area contributed by atoms with Crippen LogP contribution in [0.5, 0.6) is 5.88 Å². The quantitative estimate of drug-likeness (QED) is 0.423. The number of pyridine rings is 1. The van der Waals surface area contributed by atoms with E-state index in [9.17, 15) is 18.0 Å². The molecule has 0 aromatic carbocycles. The molecule has 220 valence electrons. The van der Waals surface area contributed by atoms with Crippen LogP contribution in [0.4, 0.5) is 19.0 Å². The Hall–Kier alpha value is -3.26. The van der Waals surface area contributed by atoms with Crippen LogP contribution in [0.15, 0.2) is 41.7 Å². The van der Waals surface area contributed by atoms with Crippen molar-refractivity contribution in [2.75, 3.05) is 24.6 Å². The summed E-state index contributed by atoms with van der Waals surface area (Å²) in [6.07, 6.45) is 3.09. The minimum atomic E-state index is -4.21. The van der Waals surface area contributed by atoms with Crippen LogP contribution in [0.2, 0.25) is 0 Å². The number of ether oxygens (including phenoxy) is 1. The van der Waals surface area contributed by atoms with Gasteiger partial charge in [-0.3, -0.25) is 14.2 Å². The molecule has 14 heteroatoms. The Morgan fingerprint density at radius 1 is 1.22 bits per heavy atom. The molecule has 1 amide bonds. The number of alkyl halides is 3. The van der Waals surface area contributed by atoms with Gasteiger partial charge in [-0.15, -0.1) is 5.10 Å². The second-order valence-corrected chi connectivity index (χ2v) is 12.5. The molecular weight excluding hydrogens is 557 g/mol. The van der Waals surface area contributed by atoms with Gasteiger partial charge in [-0.25, -0.2) is 9.67 Å². The molecule has 1 saturated carbocycles. The van der Waals surface area contributed by atoms with Gasteiger partial charge in [0.2, 0.25) is 5.88 Å². The number of hydrogen-bond donors (Lipinski definition) is 2. The van der Waals surface area contributed by atoms with Crippen molar-refractivity contribution in [1.29, 1.82) is 0 Å². The molecule has 3 aromatic rings. The van der Waals surface area contributed by atoms with E-state index in [1.165, 1.54) is 16.6 Å². The number of hydrogen-bond acceptors (Lipinski definition) is 8. The number of carbonyl (C=O) groups excluding carboxylic acids is 1. The Morgan fingerprint density at radius 3 is 2.83 bits per heavy atom. The highest BCUT2D eigenvalue weighted by Crippen LogP contribution is 2.59. The van der Waals surface area contributed by atoms with E-state index in [1.807, 2.05) is 10.9 Å². The molecule has 1 unspecified atom stereocenters. The molecule has 2 N–H and O–H groups in total. The van der Waals surface area contributed by atoms with Gasteiger partial charge in [-0.2, -0.15) is 18.3 Å². The summed E-state index contributed by atoms with van der Waals surface area (Å²) in [4.78, 5) is 21.3. The first-order valence-electron chi connectivity index (χ1n) is 13.8. The Labute approximate surface area is 240 Å². The van der Waals surface area contributed by atoms with Crippen molar-refractivity contribution < 1.29 is 22.7 Å². The average Bonchev–Trinajstić information content (AvgIpc) is 3.23. The van der Waals surface area contributed by atoms with Crippen molar-refractivity contribution in [3.05, 3.63) is 42.4 Å². The van der Waals surface area contributed by atoms with Gasteiger partial charge in [0.15, 0.2) is 5.82 Å². The average molecular weight is 591 g/mol. The maximum atomic E-state index is 13.4. The molecule has 1 atom stereocenters. The lowest BCUT2D eigenvalue weighted by atomic mass is 9.99. The molecule has 2 fully saturated rings. The molecular formula is C27H33F3N8O2S. The maximum Gasteiger partial charge on any atom is 0.394 e. The summed E-state index contributed by atoms with van der Waals surface area (Å²) in [5.74, 6) is 0.960. The predicted octanol–water partition coefficient (Wildman–Crippen LogP) is 4.36. The van der Waals surface area contributed by atoms with Crippen molar-refractivity contribution in [3.8, 4) is 11.7 Å². The first-order chi connectivity index (χ1) is 19.5. The lowest BCUT2D eigenvalue weighted by Gasteiger charge is -2.33. The summed E-state index contributed by atoms with van der Waals surface area (Å²) in [6, 6.07) is 5.25. The monoisotopic (exact) mass is 590 g/mol. The minimum absolute atomic E-state index is 0.0682. The third-order valence-corrected chi connectivity index (χ3v) is 8.93. The fourth-order valence-electron chi connectivity index (χ4n) is 5.62. The number of anilines is 1. The van der Waals surface area contributed by atoms with Gasteiger partial charge in [-0.1, -0.05) is 0 Å². The number of fused-ring (bicyclic) bond motifs is 6. The van der Waals surface area contributed by atoms with E-state index in [4.69, 9.17) is 9.72 Å². The number of amides is 1. The van der Waals surface area contributed by atoms with Crippen molar-refractivity contribution in [1.82, 2.24) is 34.6 Å². The smallest absolute Gasteiger partial charge is 0.394 e. The Morgan fingerprint density at radius 2 is 2.05 bits per heavy atom. The number of nitrogens with zero attached hydrogens (tertiary/aromatic N) is 6. The van der Waals surface area contributed by atoms with Gasteiger partial charge in [0, 0.05) is 43.1 Å². The van der Waals surface area contributed by atoms with Crippen LogP contribution in [-0.2, 0) is 6.54 Å². The molecule has 1 saturated heterocycles. The van der Waals surface area contributed by atoms with E-state index in [1.54, 1.807) is 30.6 Å². The van der Waals surface area contributed by atoms with Crippen LogP contribution < -0.4 is 19.7 Å². The largest absolute Gasteiger partial charge is 0.477 e. The normalized spacial score (nSPS) is 21.9. The zero-order chi connectivity index (χ0) is 28.8. The number of halogens is 3. The summed E-state index contributed by atoms with van der Waals surface area (Å²) in [6.45, 7) is 6.51. The molecule has 3 aromatic heterocycles. The zero-order valence-electron chi connectivity index (χ0n) is 22.9. The third kappa shape index (κ3) is 5.76. The summed E-state index contributed by atoms with van der Waals surface area (Å²) >= 11 is 1.21. The van der Waals surface area contributed by atoms with Crippen LogP contribution >= 0.6 is 11.9 Å². The van der Waals surface area contributed by atoms with Crippen molar-refractivity contribution >= 4 is 23.7 Å². The van der Waals surface area contributed by atoms with Crippen LogP contribution in [0.1, 0.15) is 56.3 Å². The fourth-order valence-corrected chi connectivity index (χ4v) is 6.21. The molecule has 1 aliphatic carbocycles. The van der Waals surface area contributed by atoms with Gasteiger partial charge < -0.3 is 15.0 Å². The van der Waals surface area contributed by atoms with Crippen LogP contribution in [0.25, 0.3) is 5.82 Å². The Bertz CT molecular complexity index is 1420. The molecule has 0 spiro atoms. The van der Waals surface area contributed by atoms with Crippen LogP contribution in [-0.4, -0.2) is 67.9 Å². The topological polar surface area (TPSA) is 102 Å². The molecule has 10 nitrogen and oxygen atoms in total.